The van der Waals surface area contributed by atoms with Crippen molar-refractivity contribution in [2.75, 3.05) is 6.61 Å². The molecule has 0 saturated heterocycles. The Labute approximate surface area is 158 Å². The Morgan fingerprint density at radius 2 is 1.59 bits per heavy atom. The molecule has 0 fully saturated rings. The zero-order valence-electron chi connectivity index (χ0n) is 15.0. The fraction of sp³-hybridized carbons (Fsp3) is 0.150. The van der Waals surface area contributed by atoms with Gasteiger partial charge in [-0.2, -0.15) is 0 Å². The Kier molecular flexibility index (Phi) is 5.16. The molecule has 0 bridgehead atoms. The lowest BCUT2D eigenvalue weighted by Gasteiger charge is -2.13. The third-order valence-corrected chi connectivity index (χ3v) is 5.16. The summed E-state index contributed by atoms with van der Waals surface area (Å²) in [6.07, 6.45) is 0. The van der Waals surface area contributed by atoms with E-state index in [1.165, 1.54) is 0 Å². The quantitative estimate of drug-likeness (QED) is 0.684. The van der Waals surface area contributed by atoms with E-state index < -0.39 is 16.0 Å². The molecule has 0 spiro atoms. The molecule has 0 amide bonds. The fourth-order valence-electron chi connectivity index (χ4n) is 3.14. The zero-order chi connectivity index (χ0) is 19.6. The van der Waals surface area contributed by atoms with Gasteiger partial charge in [0.15, 0.2) is 0 Å². The number of rotatable bonds is 5. The molecular weight excluding hydrogens is 364 g/mol. The van der Waals surface area contributed by atoms with E-state index in [0.29, 0.717) is 22.6 Å². The summed E-state index contributed by atoms with van der Waals surface area (Å²) in [6.45, 7) is 3.47. The van der Waals surface area contributed by atoms with Crippen LogP contribution < -0.4 is 5.14 Å². The molecule has 0 aliphatic heterocycles. The van der Waals surface area contributed by atoms with Crippen LogP contribution in [-0.4, -0.2) is 25.6 Å². The van der Waals surface area contributed by atoms with Crippen molar-refractivity contribution >= 4 is 16.0 Å². The molecule has 6 nitrogen and oxygen atoms in total. The van der Waals surface area contributed by atoms with Crippen molar-refractivity contribution in [2.45, 2.75) is 18.7 Å². The number of carbonyl (C=O) groups excluding carboxylic acids is 1. The highest BCUT2D eigenvalue weighted by Gasteiger charge is 2.33. The van der Waals surface area contributed by atoms with Gasteiger partial charge in [-0.05, 0) is 31.5 Å². The number of nitrogens with two attached hydrogens (primary N) is 1. The summed E-state index contributed by atoms with van der Waals surface area (Å²) >= 11 is 0. The van der Waals surface area contributed by atoms with Crippen LogP contribution in [0.25, 0.3) is 16.9 Å². The molecule has 2 aromatic carbocycles. The van der Waals surface area contributed by atoms with Gasteiger partial charge in [0.05, 0.1) is 12.3 Å². The maximum Gasteiger partial charge on any atom is 0.341 e. The number of sulfonamides is 1. The second-order valence-corrected chi connectivity index (χ2v) is 7.44. The number of ether oxygens (including phenoxy) is 1. The highest BCUT2D eigenvalue weighted by atomic mass is 32.2. The number of carbonyl (C=O) groups is 1. The monoisotopic (exact) mass is 384 g/mol. The molecule has 0 saturated carbocycles. The summed E-state index contributed by atoms with van der Waals surface area (Å²) in [5.41, 5.74) is 2.09. The Balaban J connectivity index is 2.48. The van der Waals surface area contributed by atoms with Crippen molar-refractivity contribution in [3.8, 4) is 16.9 Å². The van der Waals surface area contributed by atoms with Gasteiger partial charge in [0.25, 0.3) is 0 Å². The third kappa shape index (κ3) is 3.51. The fourth-order valence-corrected chi connectivity index (χ4v) is 4.13. The van der Waals surface area contributed by atoms with Gasteiger partial charge in [0.2, 0.25) is 10.0 Å². The van der Waals surface area contributed by atoms with E-state index in [2.05, 4.69) is 0 Å². The molecule has 3 rings (SSSR count). The minimum absolute atomic E-state index is 0.0398. The van der Waals surface area contributed by atoms with Crippen molar-refractivity contribution in [3.05, 3.63) is 71.9 Å². The first-order valence-corrected chi connectivity index (χ1v) is 9.97. The predicted octanol–water partition coefficient (Wildman–Crippen LogP) is 3.28. The molecule has 1 aromatic heterocycles. The second kappa shape index (κ2) is 7.38. The number of hydrogen-bond donors (Lipinski definition) is 1. The van der Waals surface area contributed by atoms with Gasteiger partial charge >= 0.3 is 5.97 Å². The van der Waals surface area contributed by atoms with Gasteiger partial charge in [-0.15, -0.1) is 0 Å². The lowest BCUT2D eigenvalue weighted by molar-refractivity contribution is 0.0521. The predicted molar refractivity (Wildman–Crippen MR) is 103 cm³/mol. The SMILES string of the molecule is CCOC(=O)c1c(S(N)(=O)=O)c(-c2ccccc2)n(-c2ccccc2)c1C. The summed E-state index contributed by atoms with van der Waals surface area (Å²) in [6, 6.07) is 18.2. The molecule has 3 aromatic rings. The molecule has 0 atom stereocenters. The van der Waals surface area contributed by atoms with Crippen molar-refractivity contribution < 1.29 is 17.9 Å². The van der Waals surface area contributed by atoms with E-state index in [4.69, 9.17) is 9.88 Å². The zero-order valence-corrected chi connectivity index (χ0v) is 15.9. The van der Waals surface area contributed by atoms with Crippen LogP contribution in [0.3, 0.4) is 0 Å². The Hall–Kier alpha value is -2.90. The first-order chi connectivity index (χ1) is 12.9. The van der Waals surface area contributed by atoms with E-state index in [1.54, 1.807) is 42.7 Å². The summed E-state index contributed by atoms with van der Waals surface area (Å²) in [5.74, 6) is -0.717. The van der Waals surface area contributed by atoms with Gasteiger partial charge in [0.1, 0.15) is 10.5 Å². The molecule has 0 radical (unpaired) electrons. The molecule has 0 aliphatic rings. The molecular formula is C20H20N2O4S. The first kappa shape index (κ1) is 18.9. The molecule has 2 N–H and O–H groups in total. The number of primary sulfonamides is 1. The van der Waals surface area contributed by atoms with E-state index in [1.807, 2.05) is 36.4 Å². The Morgan fingerprint density at radius 3 is 2.11 bits per heavy atom. The molecule has 0 unspecified atom stereocenters. The van der Waals surface area contributed by atoms with Crippen LogP contribution in [0.2, 0.25) is 0 Å². The molecule has 7 heteroatoms. The molecule has 0 aliphatic carbocycles. The van der Waals surface area contributed by atoms with Crippen LogP contribution in [-0.2, 0) is 14.8 Å². The van der Waals surface area contributed by atoms with Gasteiger partial charge in [-0.1, -0.05) is 48.5 Å². The van der Waals surface area contributed by atoms with Crippen molar-refractivity contribution in [3.63, 3.8) is 0 Å². The Bertz CT molecular complexity index is 1070. The number of benzene rings is 2. The summed E-state index contributed by atoms with van der Waals surface area (Å²) in [7, 11) is -4.21. The molecule has 27 heavy (non-hydrogen) atoms. The Morgan fingerprint density at radius 1 is 1.04 bits per heavy atom. The number of para-hydroxylation sites is 1. The van der Waals surface area contributed by atoms with Gasteiger partial charge in [-0.3, -0.25) is 0 Å². The highest BCUT2D eigenvalue weighted by molar-refractivity contribution is 7.89. The average molecular weight is 384 g/mol. The number of hydrogen-bond acceptors (Lipinski definition) is 4. The van der Waals surface area contributed by atoms with Crippen LogP contribution in [0.15, 0.2) is 65.6 Å². The van der Waals surface area contributed by atoms with Crippen molar-refractivity contribution in [1.82, 2.24) is 4.57 Å². The minimum atomic E-state index is -4.21. The number of aromatic nitrogens is 1. The largest absolute Gasteiger partial charge is 0.462 e. The van der Waals surface area contributed by atoms with E-state index >= 15 is 0 Å². The van der Waals surface area contributed by atoms with Crippen molar-refractivity contribution in [1.29, 1.82) is 0 Å². The van der Waals surface area contributed by atoms with Crippen LogP contribution in [0.4, 0.5) is 0 Å². The first-order valence-electron chi connectivity index (χ1n) is 8.42. The topological polar surface area (TPSA) is 91.4 Å². The van der Waals surface area contributed by atoms with Crippen LogP contribution >= 0.6 is 0 Å². The summed E-state index contributed by atoms with van der Waals surface area (Å²) in [4.78, 5) is 12.4. The smallest absolute Gasteiger partial charge is 0.341 e. The number of esters is 1. The van der Waals surface area contributed by atoms with Crippen LogP contribution in [0.1, 0.15) is 23.0 Å². The van der Waals surface area contributed by atoms with Crippen molar-refractivity contribution in [2.24, 2.45) is 5.14 Å². The van der Waals surface area contributed by atoms with Crippen LogP contribution in [0.5, 0.6) is 0 Å². The second-order valence-electron chi connectivity index (χ2n) is 5.94. The highest BCUT2D eigenvalue weighted by Crippen LogP contribution is 2.37. The van der Waals surface area contributed by atoms with Gasteiger partial charge < -0.3 is 9.30 Å². The van der Waals surface area contributed by atoms with E-state index in [9.17, 15) is 13.2 Å². The lowest BCUT2D eigenvalue weighted by Crippen LogP contribution is -2.17. The third-order valence-electron chi connectivity index (χ3n) is 4.19. The maximum absolute atomic E-state index is 12.6. The van der Waals surface area contributed by atoms with Crippen LogP contribution in [0, 0.1) is 6.92 Å². The minimum Gasteiger partial charge on any atom is -0.462 e. The van der Waals surface area contributed by atoms with E-state index in [0.717, 1.165) is 0 Å². The average Bonchev–Trinajstić information content (AvgIpc) is 2.97. The lowest BCUT2D eigenvalue weighted by atomic mass is 10.1. The molecule has 140 valence electrons. The molecule has 1 heterocycles. The standard InChI is InChI=1S/C20H20N2O4S/c1-3-26-20(23)17-14(2)22(16-12-8-5-9-13-16)18(19(17)27(21,24)25)15-10-6-4-7-11-15/h4-13H,3H2,1-2H3,(H2,21,24,25). The summed E-state index contributed by atoms with van der Waals surface area (Å²) in [5, 5.41) is 5.54. The van der Waals surface area contributed by atoms with Gasteiger partial charge in [0, 0.05) is 11.4 Å². The van der Waals surface area contributed by atoms with Gasteiger partial charge in [-0.25, -0.2) is 18.4 Å². The normalized spacial score (nSPS) is 11.4. The summed E-state index contributed by atoms with van der Waals surface area (Å²) < 4.78 is 31.9. The maximum atomic E-state index is 12.6. The number of nitrogens with zero attached hydrogens (tertiary/aromatic N) is 1. The van der Waals surface area contributed by atoms with E-state index in [-0.39, 0.29) is 17.1 Å².